The maximum atomic E-state index is 13.1. The highest BCUT2D eigenvalue weighted by Crippen LogP contribution is 2.67. The zero-order chi connectivity index (χ0) is 32.1. The summed E-state index contributed by atoms with van der Waals surface area (Å²) in [5.74, 6) is 4.76. The lowest BCUT2D eigenvalue weighted by Gasteiger charge is -2.58. The van der Waals surface area contributed by atoms with Gasteiger partial charge in [0, 0.05) is 17.2 Å². The molecular weight excluding hydrogens is 582 g/mol. The van der Waals surface area contributed by atoms with Gasteiger partial charge in [-0.1, -0.05) is 89.8 Å². The second-order valence-electron chi connectivity index (χ2n) is 15.8. The van der Waals surface area contributed by atoms with Crippen molar-refractivity contribution in [3.8, 4) is 0 Å². The molecule has 3 saturated carbocycles. The van der Waals surface area contributed by atoms with Gasteiger partial charge in [-0.3, -0.25) is 5.32 Å². The highest BCUT2D eigenvalue weighted by atomic mass is 32.2. The monoisotopic (exact) mass is 634 g/mol. The van der Waals surface area contributed by atoms with Crippen LogP contribution in [0.3, 0.4) is 0 Å². The van der Waals surface area contributed by atoms with Crippen molar-refractivity contribution in [3.05, 3.63) is 48.0 Å². The summed E-state index contributed by atoms with van der Waals surface area (Å²) in [6, 6.07) is 9.42. The van der Waals surface area contributed by atoms with E-state index in [4.69, 9.17) is 4.74 Å². The van der Waals surface area contributed by atoms with Gasteiger partial charge in [-0.05, 0) is 103 Å². The first-order chi connectivity index (χ1) is 21.3. The van der Waals surface area contributed by atoms with Gasteiger partial charge < -0.3 is 9.29 Å². The van der Waals surface area contributed by atoms with Crippen molar-refractivity contribution in [2.24, 2.45) is 46.3 Å². The molecule has 1 amide bonds. The van der Waals surface area contributed by atoms with Gasteiger partial charge in [0.15, 0.2) is 0 Å². The van der Waals surface area contributed by atoms with E-state index in [2.05, 4.69) is 46.0 Å². The number of hydrogen-bond donors (Lipinski definition) is 1. The molecule has 1 N–H and O–H groups in total. The van der Waals surface area contributed by atoms with E-state index in [9.17, 15) is 17.8 Å². The van der Waals surface area contributed by atoms with E-state index in [1.165, 1.54) is 62.7 Å². The van der Waals surface area contributed by atoms with E-state index in [1.807, 2.05) is 0 Å². The second-order valence-corrected chi connectivity index (χ2v) is 17.1. The maximum absolute atomic E-state index is 13.1. The minimum Gasteiger partial charge on any atom is -0.744 e. The number of allylic oxidation sites excluding steroid dienone is 1. The van der Waals surface area contributed by atoms with E-state index >= 15 is 0 Å². The molecule has 0 bridgehead atoms. The van der Waals surface area contributed by atoms with E-state index in [0.717, 1.165) is 55.3 Å². The molecule has 2 aromatic carbocycles. The Morgan fingerprint density at radius 3 is 2.47 bits per heavy atom. The highest BCUT2D eigenvalue weighted by Gasteiger charge is 2.59. The van der Waals surface area contributed by atoms with Crippen molar-refractivity contribution < 1.29 is 22.5 Å². The molecule has 0 radical (unpaired) electrons. The number of fused-ring (bicyclic) bond motifs is 6. The number of carbonyl (C=O) groups excluding carboxylic acids is 1. The van der Waals surface area contributed by atoms with Crippen LogP contribution in [0.25, 0.3) is 10.8 Å². The first kappa shape index (κ1) is 32.6. The van der Waals surface area contributed by atoms with Gasteiger partial charge >= 0.3 is 6.09 Å². The molecule has 4 aliphatic carbocycles. The van der Waals surface area contributed by atoms with E-state index in [1.54, 1.807) is 24.3 Å². The standard InChI is InChI=1S/C38H53NO5S/c1-24(2)9-8-10-25(3)31-15-16-32-30-14-13-26-23-27(19-21-37(26,4)33(30)20-22-38(31,32)5)44-36(40)39-34-17-18-35(45(41,42)43)29-12-7-6-11-28(29)34/h6-7,11-13,17-18,24-25,27,30-33H,8-10,14-16,19-23H2,1-5H3,(H,39,40)(H,41,42,43)/p-1/t25-,27+,30+,31-,32+,33+,37+,38-/m1/s1. The Bertz CT molecular complexity index is 1570. The third-order valence-electron chi connectivity index (χ3n) is 12.9. The maximum Gasteiger partial charge on any atom is 0.411 e. The van der Waals surface area contributed by atoms with Crippen molar-refractivity contribution in [3.63, 3.8) is 0 Å². The Morgan fingerprint density at radius 2 is 1.73 bits per heavy atom. The minimum atomic E-state index is -4.64. The van der Waals surface area contributed by atoms with Gasteiger partial charge in [-0.25, -0.2) is 13.2 Å². The lowest BCUT2D eigenvalue weighted by molar-refractivity contribution is -0.0577. The van der Waals surface area contributed by atoms with Crippen LogP contribution in [0.4, 0.5) is 10.5 Å². The molecule has 3 fully saturated rings. The summed E-state index contributed by atoms with van der Waals surface area (Å²) < 4.78 is 41.3. The Labute approximate surface area is 270 Å². The number of anilines is 1. The van der Waals surface area contributed by atoms with Gasteiger partial charge in [0.05, 0.1) is 10.6 Å². The number of nitrogens with one attached hydrogen (secondary N) is 1. The van der Waals surface area contributed by atoms with Crippen LogP contribution in [0.2, 0.25) is 0 Å². The zero-order valence-electron chi connectivity index (χ0n) is 27.8. The summed E-state index contributed by atoms with van der Waals surface area (Å²) in [6.45, 7) is 12.4. The number of ether oxygens (including phenoxy) is 1. The highest BCUT2D eigenvalue weighted by molar-refractivity contribution is 7.86. The molecule has 0 unspecified atom stereocenters. The fraction of sp³-hybridized carbons (Fsp3) is 0.658. The Morgan fingerprint density at radius 1 is 0.978 bits per heavy atom. The van der Waals surface area contributed by atoms with Crippen molar-refractivity contribution in [1.82, 2.24) is 0 Å². The van der Waals surface area contributed by atoms with Crippen LogP contribution >= 0.6 is 0 Å². The molecule has 6 nitrogen and oxygen atoms in total. The Balaban J connectivity index is 1.11. The van der Waals surface area contributed by atoms with E-state index < -0.39 is 16.2 Å². The number of amides is 1. The first-order valence-corrected chi connectivity index (χ1v) is 18.9. The summed E-state index contributed by atoms with van der Waals surface area (Å²) in [5.41, 5.74) is 2.55. The van der Waals surface area contributed by atoms with Crippen LogP contribution in [0.1, 0.15) is 105 Å². The first-order valence-electron chi connectivity index (χ1n) is 17.5. The van der Waals surface area contributed by atoms with Crippen molar-refractivity contribution >= 4 is 32.7 Å². The van der Waals surface area contributed by atoms with Gasteiger partial charge in [0.2, 0.25) is 0 Å². The quantitative estimate of drug-likeness (QED) is 0.230. The predicted molar refractivity (Wildman–Crippen MR) is 179 cm³/mol. The Kier molecular flexibility index (Phi) is 8.92. The molecule has 8 atom stereocenters. The van der Waals surface area contributed by atoms with E-state index in [-0.39, 0.29) is 16.4 Å². The normalized spacial score (nSPS) is 33.6. The molecule has 4 aliphatic rings. The van der Waals surface area contributed by atoms with Crippen LogP contribution in [-0.2, 0) is 14.9 Å². The van der Waals surface area contributed by atoms with Crippen molar-refractivity contribution in [2.45, 2.75) is 116 Å². The molecule has 0 aliphatic heterocycles. The SMILES string of the molecule is CC(C)CCC[C@@H](C)[C@H]1CC[C@H]2[C@@H]3CC=C4C[C@@H](OC(=O)Nc5ccc(S(=O)(=O)[O-])c6ccccc56)CC[C@]4(C)[C@H]3CC[C@]12C. The van der Waals surface area contributed by atoms with Gasteiger partial charge in [0.1, 0.15) is 16.2 Å². The fourth-order valence-electron chi connectivity index (χ4n) is 10.6. The molecule has 2 aromatic rings. The second kappa shape index (κ2) is 12.3. The summed E-state index contributed by atoms with van der Waals surface area (Å²) in [5, 5.41) is 3.60. The summed E-state index contributed by atoms with van der Waals surface area (Å²) in [7, 11) is -4.64. The van der Waals surface area contributed by atoms with Gasteiger partial charge in [-0.15, -0.1) is 0 Å². The van der Waals surface area contributed by atoms with E-state index in [0.29, 0.717) is 27.8 Å². The third kappa shape index (κ3) is 6.08. The van der Waals surface area contributed by atoms with Crippen LogP contribution in [-0.4, -0.2) is 25.2 Å². The van der Waals surface area contributed by atoms with Crippen molar-refractivity contribution in [2.75, 3.05) is 5.32 Å². The third-order valence-corrected chi connectivity index (χ3v) is 13.8. The number of rotatable bonds is 8. The lowest BCUT2D eigenvalue weighted by atomic mass is 9.47. The summed E-state index contributed by atoms with van der Waals surface area (Å²) >= 11 is 0. The van der Waals surface area contributed by atoms with Crippen molar-refractivity contribution in [1.29, 1.82) is 0 Å². The molecule has 246 valence electrons. The Hall–Kier alpha value is -2.38. The molecule has 6 rings (SSSR count). The molecule has 0 spiro atoms. The minimum absolute atomic E-state index is 0.178. The van der Waals surface area contributed by atoms with Crippen LogP contribution in [0, 0.1) is 46.3 Å². The predicted octanol–water partition coefficient (Wildman–Crippen LogP) is 9.70. The largest absolute Gasteiger partial charge is 0.744 e. The molecule has 7 heteroatoms. The number of carbonyl (C=O) groups is 1. The molecule has 0 saturated heterocycles. The molecule has 0 heterocycles. The molecule has 0 aromatic heterocycles. The summed E-state index contributed by atoms with van der Waals surface area (Å²) in [6.07, 6.45) is 15.1. The average Bonchev–Trinajstić information content (AvgIpc) is 3.34. The average molecular weight is 635 g/mol. The molecular formula is C38H52NO5S-. The lowest BCUT2D eigenvalue weighted by Crippen LogP contribution is -2.51. The van der Waals surface area contributed by atoms with Crippen LogP contribution in [0.15, 0.2) is 52.9 Å². The fourth-order valence-corrected chi connectivity index (χ4v) is 11.3. The van der Waals surface area contributed by atoms with Crippen LogP contribution < -0.4 is 5.32 Å². The van der Waals surface area contributed by atoms with Crippen LogP contribution in [0.5, 0.6) is 0 Å². The van der Waals surface area contributed by atoms with Gasteiger partial charge in [-0.2, -0.15) is 0 Å². The number of benzene rings is 2. The summed E-state index contributed by atoms with van der Waals surface area (Å²) in [4.78, 5) is 12.8. The zero-order valence-corrected chi connectivity index (χ0v) is 28.6. The number of hydrogen-bond acceptors (Lipinski definition) is 5. The topological polar surface area (TPSA) is 95.5 Å². The smallest absolute Gasteiger partial charge is 0.411 e. The van der Waals surface area contributed by atoms with Gasteiger partial charge in [0.25, 0.3) is 0 Å². The molecule has 45 heavy (non-hydrogen) atoms.